The van der Waals surface area contributed by atoms with Gasteiger partial charge in [-0.1, -0.05) is 17.7 Å². The highest BCUT2D eigenvalue weighted by molar-refractivity contribution is 5.81. The zero-order valence-electron chi connectivity index (χ0n) is 15.6. The van der Waals surface area contributed by atoms with E-state index in [1.807, 2.05) is 36.1 Å². The zero-order valence-corrected chi connectivity index (χ0v) is 15.6. The summed E-state index contributed by atoms with van der Waals surface area (Å²) in [5.41, 5.74) is 7.99. The minimum Gasteiger partial charge on any atom is -0.368 e. The summed E-state index contributed by atoms with van der Waals surface area (Å²) in [7, 11) is 0. The van der Waals surface area contributed by atoms with Crippen LogP contribution in [0.4, 0.5) is 17.6 Å². The number of carbonyl (C=O) groups is 1. The van der Waals surface area contributed by atoms with Crippen LogP contribution in [0, 0.1) is 12.8 Å². The van der Waals surface area contributed by atoms with Crippen molar-refractivity contribution in [3.05, 3.63) is 35.7 Å². The number of nitrogens with two attached hydrogens (primary N) is 1. The molecule has 142 valence electrons. The van der Waals surface area contributed by atoms with Gasteiger partial charge in [-0.25, -0.2) is 0 Å². The number of rotatable bonds is 5. The lowest BCUT2D eigenvalue weighted by Gasteiger charge is -2.32. The van der Waals surface area contributed by atoms with Gasteiger partial charge in [-0.05, 0) is 31.9 Å². The molecule has 0 bridgehead atoms. The summed E-state index contributed by atoms with van der Waals surface area (Å²) in [4.78, 5) is 28.5. The number of hydrogen-bond acceptors (Lipinski definition) is 6. The van der Waals surface area contributed by atoms with Crippen molar-refractivity contribution >= 4 is 23.5 Å². The molecule has 2 aliphatic rings. The molecule has 1 saturated heterocycles. The molecule has 8 heteroatoms. The van der Waals surface area contributed by atoms with Crippen molar-refractivity contribution in [3.63, 3.8) is 0 Å². The van der Waals surface area contributed by atoms with Gasteiger partial charge in [-0.3, -0.25) is 4.79 Å². The van der Waals surface area contributed by atoms with Crippen LogP contribution in [-0.2, 0) is 11.3 Å². The number of aromatic nitrogens is 3. The van der Waals surface area contributed by atoms with Crippen molar-refractivity contribution in [1.29, 1.82) is 0 Å². The Morgan fingerprint density at radius 3 is 2.56 bits per heavy atom. The van der Waals surface area contributed by atoms with E-state index in [-0.39, 0.29) is 5.95 Å². The van der Waals surface area contributed by atoms with Gasteiger partial charge < -0.3 is 20.9 Å². The number of nitrogens with one attached hydrogen (secondary N) is 2. The minimum absolute atomic E-state index is 0.219. The number of quaternary nitrogens is 1. The molecule has 0 atom stereocenters. The predicted molar refractivity (Wildman–Crippen MR) is 102 cm³/mol. The Balaban J connectivity index is 1.37. The third-order valence-electron chi connectivity index (χ3n) is 5.12. The zero-order chi connectivity index (χ0) is 18.8. The summed E-state index contributed by atoms with van der Waals surface area (Å²) in [6.07, 6.45) is 2.12. The molecule has 0 spiro atoms. The van der Waals surface area contributed by atoms with Gasteiger partial charge in [0.25, 0.3) is 0 Å². The van der Waals surface area contributed by atoms with Crippen molar-refractivity contribution in [2.45, 2.75) is 26.3 Å². The molecular weight excluding hydrogens is 342 g/mol. The average molecular weight is 368 g/mol. The monoisotopic (exact) mass is 368 g/mol. The highest BCUT2D eigenvalue weighted by Crippen LogP contribution is 2.30. The van der Waals surface area contributed by atoms with Crippen LogP contribution in [0.3, 0.4) is 0 Å². The number of carbonyl (C=O) groups excluding carboxylic acids is 1. The fourth-order valence-corrected chi connectivity index (χ4v) is 3.37. The first-order chi connectivity index (χ1) is 13.1. The maximum absolute atomic E-state index is 12.2. The minimum atomic E-state index is 0.219. The van der Waals surface area contributed by atoms with Crippen molar-refractivity contribution in [2.75, 3.05) is 37.2 Å². The lowest BCUT2D eigenvalue weighted by atomic mass is 10.2. The first-order valence-corrected chi connectivity index (χ1v) is 9.53. The van der Waals surface area contributed by atoms with Crippen molar-refractivity contribution < 1.29 is 9.69 Å². The molecule has 1 aliphatic heterocycles. The Hall–Kier alpha value is -2.74. The van der Waals surface area contributed by atoms with Crippen LogP contribution in [0.1, 0.15) is 24.2 Å². The molecule has 4 rings (SSSR count). The Labute approximate surface area is 158 Å². The van der Waals surface area contributed by atoms with Gasteiger partial charge in [0.15, 0.2) is 5.82 Å². The maximum atomic E-state index is 12.2. The second-order valence-electron chi connectivity index (χ2n) is 7.45. The normalized spacial score (nSPS) is 17.7. The molecule has 1 aliphatic carbocycles. The average Bonchev–Trinajstić information content (AvgIpc) is 3.48. The Morgan fingerprint density at radius 2 is 1.89 bits per heavy atom. The van der Waals surface area contributed by atoms with Gasteiger partial charge in [0.05, 0.1) is 26.2 Å². The number of nitrogen functional groups attached to an aromatic ring is 1. The summed E-state index contributed by atoms with van der Waals surface area (Å²) in [5, 5.41) is 3.19. The number of piperazine rings is 1. The van der Waals surface area contributed by atoms with E-state index < -0.39 is 0 Å². The fourth-order valence-electron chi connectivity index (χ4n) is 3.37. The van der Waals surface area contributed by atoms with E-state index in [2.05, 4.69) is 20.3 Å². The largest absolute Gasteiger partial charge is 0.368 e. The molecule has 1 amide bonds. The Morgan fingerprint density at radius 1 is 1.19 bits per heavy atom. The van der Waals surface area contributed by atoms with Crippen LogP contribution in [-0.4, -0.2) is 51.9 Å². The van der Waals surface area contributed by atoms with Crippen LogP contribution < -0.4 is 16.0 Å². The Bertz CT molecular complexity index is 811. The standard InChI is InChI=1S/C19H25N7O/c1-13-2-6-15(7-3-13)21-19-23-16(22-18(20)24-19)12-25-8-10-26(11-9-25)17(27)14-4-5-14/h2-3,6-7,14H,4-5,8-12H2,1H3,(H3,20,21,22,23,24)/p+1. The van der Waals surface area contributed by atoms with Gasteiger partial charge in [0.2, 0.25) is 17.8 Å². The number of benzene rings is 1. The second-order valence-corrected chi connectivity index (χ2v) is 7.45. The molecule has 1 saturated carbocycles. The molecule has 1 aromatic carbocycles. The number of anilines is 3. The highest BCUT2D eigenvalue weighted by Gasteiger charge is 2.35. The first kappa shape index (κ1) is 17.7. The summed E-state index contributed by atoms with van der Waals surface area (Å²) in [5.74, 6) is 1.99. The lowest BCUT2D eigenvalue weighted by molar-refractivity contribution is -0.918. The fraction of sp³-hybridized carbons (Fsp3) is 0.474. The van der Waals surface area contributed by atoms with E-state index >= 15 is 0 Å². The second kappa shape index (κ2) is 7.48. The molecule has 27 heavy (non-hydrogen) atoms. The van der Waals surface area contributed by atoms with E-state index in [4.69, 9.17) is 5.73 Å². The molecule has 1 aromatic heterocycles. The predicted octanol–water partition coefficient (Wildman–Crippen LogP) is 0.143. The molecule has 0 unspecified atom stereocenters. The van der Waals surface area contributed by atoms with Crippen molar-refractivity contribution in [3.8, 4) is 0 Å². The van der Waals surface area contributed by atoms with Gasteiger partial charge >= 0.3 is 0 Å². The molecule has 2 heterocycles. The number of hydrogen-bond donors (Lipinski definition) is 3. The summed E-state index contributed by atoms with van der Waals surface area (Å²) < 4.78 is 0. The SMILES string of the molecule is Cc1ccc(Nc2nc(N)nc(C[NH+]3CCN(C(=O)C4CC4)CC3)n2)cc1. The Kier molecular flexibility index (Phi) is 4.89. The van der Waals surface area contributed by atoms with Crippen molar-refractivity contribution in [1.82, 2.24) is 19.9 Å². The van der Waals surface area contributed by atoms with E-state index in [0.717, 1.165) is 44.7 Å². The first-order valence-electron chi connectivity index (χ1n) is 9.53. The molecule has 2 fully saturated rings. The van der Waals surface area contributed by atoms with Crippen LogP contribution in [0.5, 0.6) is 0 Å². The smallest absolute Gasteiger partial charge is 0.232 e. The van der Waals surface area contributed by atoms with Crippen molar-refractivity contribution in [2.24, 2.45) is 5.92 Å². The third kappa shape index (κ3) is 4.51. The lowest BCUT2D eigenvalue weighted by Crippen LogP contribution is -3.13. The molecule has 2 aromatic rings. The van der Waals surface area contributed by atoms with Crippen LogP contribution in [0.25, 0.3) is 0 Å². The summed E-state index contributed by atoms with van der Waals surface area (Å²) in [6, 6.07) is 8.02. The number of aryl methyl sites for hydroxylation is 1. The van der Waals surface area contributed by atoms with Crippen LogP contribution >= 0.6 is 0 Å². The van der Waals surface area contributed by atoms with Gasteiger partial charge in [-0.2, -0.15) is 15.0 Å². The molecule has 0 radical (unpaired) electrons. The number of amides is 1. The summed E-state index contributed by atoms with van der Waals surface area (Å²) >= 11 is 0. The van der Waals surface area contributed by atoms with Gasteiger partial charge in [0, 0.05) is 11.6 Å². The van der Waals surface area contributed by atoms with Gasteiger partial charge in [0.1, 0.15) is 6.54 Å². The maximum Gasteiger partial charge on any atom is 0.232 e. The quantitative estimate of drug-likeness (QED) is 0.694. The highest BCUT2D eigenvalue weighted by atomic mass is 16.2. The van der Waals surface area contributed by atoms with Crippen LogP contribution in [0.2, 0.25) is 0 Å². The van der Waals surface area contributed by atoms with E-state index in [1.54, 1.807) is 0 Å². The topological polar surface area (TPSA) is 101 Å². The summed E-state index contributed by atoms with van der Waals surface area (Å²) in [6.45, 7) is 6.15. The van der Waals surface area contributed by atoms with Gasteiger partial charge in [-0.15, -0.1) is 0 Å². The number of nitrogens with zero attached hydrogens (tertiary/aromatic N) is 4. The van der Waals surface area contributed by atoms with E-state index in [1.165, 1.54) is 10.5 Å². The van der Waals surface area contributed by atoms with E-state index in [9.17, 15) is 4.79 Å². The van der Waals surface area contributed by atoms with E-state index in [0.29, 0.717) is 30.1 Å². The van der Waals surface area contributed by atoms with Crippen LogP contribution in [0.15, 0.2) is 24.3 Å². The third-order valence-corrected chi connectivity index (χ3v) is 5.12. The molecular formula is C19H26N7O+. The molecule has 8 nitrogen and oxygen atoms in total. The molecule has 4 N–H and O–H groups in total.